The molecule has 2 heterocycles. The fourth-order valence-corrected chi connectivity index (χ4v) is 3.50. The number of ether oxygens (including phenoxy) is 1. The molecule has 0 fully saturated rings. The molecule has 4 rings (SSSR count). The maximum Gasteiger partial charge on any atom is 0.417 e. The molecule has 2 aromatic rings. The highest BCUT2D eigenvalue weighted by atomic mass is 35.5. The summed E-state index contributed by atoms with van der Waals surface area (Å²) in [5, 5.41) is 13.7. The lowest BCUT2D eigenvalue weighted by Gasteiger charge is -2.21. The number of anilines is 2. The molecule has 0 aromatic heterocycles. The van der Waals surface area contributed by atoms with Gasteiger partial charge in [0.05, 0.1) is 11.4 Å². The SMILES string of the molecule is O=C1Nc2cccc3c4c(cc(c23)O1)N(C(=O)O)CC4CCl. The van der Waals surface area contributed by atoms with Crippen LogP contribution < -0.4 is 15.0 Å². The van der Waals surface area contributed by atoms with Crippen molar-refractivity contribution in [2.75, 3.05) is 22.6 Å². The molecule has 0 bridgehead atoms. The molecule has 2 N–H and O–H groups in total. The summed E-state index contributed by atoms with van der Waals surface area (Å²) < 4.78 is 5.22. The Morgan fingerprint density at radius 2 is 2.32 bits per heavy atom. The summed E-state index contributed by atoms with van der Waals surface area (Å²) in [6.45, 7) is 0.304. The molecule has 112 valence electrons. The third-order valence-corrected chi connectivity index (χ3v) is 4.48. The van der Waals surface area contributed by atoms with Crippen LogP contribution in [0.3, 0.4) is 0 Å². The second-order valence-corrected chi connectivity index (χ2v) is 5.60. The van der Waals surface area contributed by atoms with Gasteiger partial charge in [-0.25, -0.2) is 9.59 Å². The van der Waals surface area contributed by atoms with Crippen LogP contribution >= 0.6 is 11.6 Å². The third-order valence-electron chi connectivity index (χ3n) is 4.10. The summed E-state index contributed by atoms with van der Waals surface area (Å²) in [4.78, 5) is 24.3. The van der Waals surface area contributed by atoms with Crippen LogP contribution in [0.25, 0.3) is 10.8 Å². The maximum atomic E-state index is 11.6. The van der Waals surface area contributed by atoms with Gasteiger partial charge in [0.25, 0.3) is 0 Å². The van der Waals surface area contributed by atoms with E-state index < -0.39 is 12.2 Å². The third kappa shape index (κ3) is 1.67. The maximum absolute atomic E-state index is 11.6. The Labute approximate surface area is 130 Å². The predicted octanol–water partition coefficient (Wildman–Crippen LogP) is 3.58. The van der Waals surface area contributed by atoms with Crippen LogP contribution in [0.1, 0.15) is 11.5 Å². The summed E-state index contributed by atoms with van der Waals surface area (Å²) >= 11 is 6.04. The van der Waals surface area contributed by atoms with Crippen molar-refractivity contribution in [1.29, 1.82) is 0 Å². The van der Waals surface area contributed by atoms with Gasteiger partial charge in [-0.15, -0.1) is 11.6 Å². The number of amides is 2. The summed E-state index contributed by atoms with van der Waals surface area (Å²) in [7, 11) is 0. The predicted molar refractivity (Wildman–Crippen MR) is 82.4 cm³/mol. The number of rotatable bonds is 1. The number of nitrogens with one attached hydrogen (secondary N) is 1. The minimum absolute atomic E-state index is 0.0882. The number of nitrogens with zero attached hydrogens (tertiary/aromatic N) is 1. The normalized spacial score (nSPS) is 18.9. The van der Waals surface area contributed by atoms with E-state index in [1.54, 1.807) is 12.1 Å². The molecule has 7 heteroatoms. The largest absolute Gasteiger partial charge is 0.465 e. The van der Waals surface area contributed by atoms with Crippen LogP contribution in [0.5, 0.6) is 5.75 Å². The zero-order chi connectivity index (χ0) is 15.4. The lowest BCUT2D eigenvalue weighted by molar-refractivity contribution is 0.202. The van der Waals surface area contributed by atoms with Crippen molar-refractivity contribution in [3.05, 3.63) is 29.8 Å². The number of carbonyl (C=O) groups excluding carboxylic acids is 1. The van der Waals surface area contributed by atoms with E-state index in [4.69, 9.17) is 16.3 Å². The molecule has 2 aliphatic heterocycles. The molecule has 0 saturated carbocycles. The number of alkyl halides is 1. The smallest absolute Gasteiger partial charge is 0.417 e. The zero-order valence-electron chi connectivity index (χ0n) is 11.3. The zero-order valence-corrected chi connectivity index (χ0v) is 12.1. The standard InChI is InChI=1S/C15H11ClN2O4/c16-5-7-6-18(15(20)21)10-4-11-13-8(12(7)10)2-1-3-9(13)17-14(19)22-11/h1-4,7H,5-6H2,(H,17,19)(H,20,21). The molecule has 1 unspecified atom stereocenters. The van der Waals surface area contributed by atoms with Crippen molar-refractivity contribution in [2.45, 2.75) is 5.92 Å². The molecule has 0 saturated heterocycles. The fourth-order valence-electron chi connectivity index (χ4n) is 3.24. The van der Waals surface area contributed by atoms with Gasteiger partial charge in [-0.1, -0.05) is 12.1 Å². The lowest BCUT2D eigenvalue weighted by atomic mass is 9.94. The first-order chi connectivity index (χ1) is 10.6. The molecule has 2 aliphatic rings. The van der Waals surface area contributed by atoms with Crippen molar-refractivity contribution >= 4 is 45.9 Å². The number of hydrogen-bond acceptors (Lipinski definition) is 3. The quantitative estimate of drug-likeness (QED) is 0.788. The van der Waals surface area contributed by atoms with E-state index in [2.05, 4.69) is 5.32 Å². The van der Waals surface area contributed by atoms with Gasteiger partial charge >= 0.3 is 12.2 Å². The monoisotopic (exact) mass is 318 g/mol. The van der Waals surface area contributed by atoms with Gasteiger partial charge < -0.3 is 9.84 Å². The minimum Gasteiger partial charge on any atom is -0.465 e. The first-order valence-electron chi connectivity index (χ1n) is 6.75. The fraction of sp³-hybridized carbons (Fsp3) is 0.200. The number of carbonyl (C=O) groups is 2. The van der Waals surface area contributed by atoms with Gasteiger partial charge in [-0.2, -0.15) is 0 Å². The Bertz CT molecular complexity index is 836. The molecule has 0 spiro atoms. The topological polar surface area (TPSA) is 78.9 Å². The molecule has 6 nitrogen and oxygen atoms in total. The molecule has 2 amide bonds. The summed E-state index contributed by atoms with van der Waals surface area (Å²) in [6, 6.07) is 7.12. The highest BCUT2D eigenvalue weighted by Gasteiger charge is 2.36. The van der Waals surface area contributed by atoms with E-state index in [1.165, 1.54) is 4.90 Å². The van der Waals surface area contributed by atoms with Crippen LogP contribution in [0, 0.1) is 0 Å². The Balaban J connectivity index is 2.07. The Kier molecular flexibility index (Phi) is 2.71. The number of hydrogen-bond donors (Lipinski definition) is 2. The van der Waals surface area contributed by atoms with Crippen LogP contribution in [0.15, 0.2) is 24.3 Å². The number of benzene rings is 2. The average Bonchev–Trinajstić information content (AvgIpc) is 2.86. The van der Waals surface area contributed by atoms with Crippen molar-refractivity contribution in [3.8, 4) is 5.75 Å². The van der Waals surface area contributed by atoms with E-state index in [0.29, 0.717) is 29.5 Å². The summed E-state index contributed by atoms with van der Waals surface area (Å²) in [6.07, 6.45) is -1.62. The Morgan fingerprint density at radius 3 is 3.05 bits per heavy atom. The molecular weight excluding hydrogens is 308 g/mol. The molecular formula is C15H11ClN2O4. The van der Waals surface area contributed by atoms with Crippen molar-refractivity contribution in [1.82, 2.24) is 0 Å². The van der Waals surface area contributed by atoms with E-state index in [1.807, 2.05) is 12.1 Å². The number of carboxylic acid groups (broad SMARTS) is 1. The van der Waals surface area contributed by atoms with Crippen molar-refractivity contribution < 1.29 is 19.4 Å². The molecule has 2 aromatic carbocycles. The van der Waals surface area contributed by atoms with E-state index in [0.717, 1.165) is 16.3 Å². The highest BCUT2D eigenvalue weighted by molar-refractivity contribution is 6.19. The Morgan fingerprint density at radius 1 is 1.50 bits per heavy atom. The van der Waals surface area contributed by atoms with Gasteiger partial charge in [0.2, 0.25) is 0 Å². The molecule has 0 radical (unpaired) electrons. The second-order valence-electron chi connectivity index (χ2n) is 5.29. The first-order valence-corrected chi connectivity index (χ1v) is 7.28. The molecule has 1 atom stereocenters. The van der Waals surface area contributed by atoms with Crippen molar-refractivity contribution in [3.63, 3.8) is 0 Å². The van der Waals surface area contributed by atoms with Gasteiger partial charge in [0.1, 0.15) is 5.75 Å². The average molecular weight is 319 g/mol. The van der Waals surface area contributed by atoms with E-state index in [-0.39, 0.29) is 5.92 Å². The van der Waals surface area contributed by atoms with Crippen LogP contribution in [0.2, 0.25) is 0 Å². The van der Waals surface area contributed by atoms with Crippen LogP contribution in [-0.4, -0.2) is 29.7 Å². The van der Waals surface area contributed by atoms with Gasteiger partial charge in [-0.3, -0.25) is 10.2 Å². The molecule has 22 heavy (non-hydrogen) atoms. The summed E-state index contributed by atoms with van der Waals surface area (Å²) in [5.74, 6) is 0.604. The number of halogens is 1. The Hall–Kier alpha value is -2.47. The number of fused-ring (bicyclic) bond motifs is 2. The van der Waals surface area contributed by atoms with E-state index in [9.17, 15) is 14.7 Å². The lowest BCUT2D eigenvalue weighted by Crippen LogP contribution is -2.28. The first kappa shape index (κ1) is 13.2. The minimum atomic E-state index is -1.04. The van der Waals surface area contributed by atoms with E-state index >= 15 is 0 Å². The van der Waals surface area contributed by atoms with Gasteiger partial charge in [0, 0.05) is 29.8 Å². The molecule has 0 aliphatic carbocycles. The highest BCUT2D eigenvalue weighted by Crippen LogP contribution is 2.48. The van der Waals surface area contributed by atoms with Crippen LogP contribution in [-0.2, 0) is 0 Å². The van der Waals surface area contributed by atoms with Crippen LogP contribution in [0.4, 0.5) is 21.0 Å². The van der Waals surface area contributed by atoms with Gasteiger partial charge in [-0.05, 0) is 17.0 Å². The van der Waals surface area contributed by atoms with Crippen molar-refractivity contribution in [2.24, 2.45) is 0 Å². The summed E-state index contributed by atoms with van der Waals surface area (Å²) in [5.41, 5.74) is 2.08. The van der Waals surface area contributed by atoms with Gasteiger partial charge in [0.15, 0.2) is 0 Å². The second kappa shape index (κ2) is 4.51.